The lowest BCUT2D eigenvalue weighted by Gasteiger charge is -2.30. The number of likely N-dealkylation sites (N-methyl/N-ethyl adjacent to an activating group) is 1. The van der Waals surface area contributed by atoms with Crippen molar-refractivity contribution in [3.8, 4) is 0 Å². The summed E-state index contributed by atoms with van der Waals surface area (Å²) in [5.74, 6) is 2.81. The first-order valence-corrected chi connectivity index (χ1v) is 6.91. The van der Waals surface area contributed by atoms with Gasteiger partial charge in [-0.2, -0.15) is 13.2 Å². The number of hydrogen-bond donors (Lipinski definition) is 0. The summed E-state index contributed by atoms with van der Waals surface area (Å²) in [7, 11) is -2.59. The second-order valence-corrected chi connectivity index (χ2v) is 6.30. The van der Waals surface area contributed by atoms with E-state index in [1.165, 1.54) is 0 Å². The summed E-state index contributed by atoms with van der Waals surface area (Å²) in [4.78, 5) is 2.10. The first kappa shape index (κ1) is 12.8. The fourth-order valence-corrected chi connectivity index (χ4v) is 2.85. The lowest BCUT2D eigenvalue weighted by Crippen LogP contribution is -2.36. The van der Waals surface area contributed by atoms with Crippen LogP contribution in [0.25, 0.3) is 0 Å². The maximum absolute atomic E-state index is 12.4. The number of alkyl halides is 3. The zero-order valence-corrected chi connectivity index (χ0v) is 10.2. The third kappa shape index (κ3) is 2.30. The molecule has 1 saturated heterocycles. The first-order valence-electron chi connectivity index (χ1n) is 5.26. The topological polar surface area (TPSA) is 29.5 Å². The summed E-state index contributed by atoms with van der Waals surface area (Å²) >= 11 is 0. The van der Waals surface area contributed by atoms with Crippen LogP contribution in [0.1, 0.15) is 19.3 Å². The van der Waals surface area contributed by atoms with Gasteiger partial charge in [-0.15, -0.1) is 0 Å². The highest BCUT2D eigenvalue weighted by atomic mass is 32.2. The van der Waals surface area contributed by atoms with E-state index >= 15 is 0 Å². The minimum atomic E-state index is -4.92. The highest BCUT2D eigenvalue weighted by Gasteiger charge is 2.44. The van der Waals surface area contributed by atoms with Crippen LogP contribution < -0.4 is 0 Å². The molecule has 0 aliphatic carbocycles. The molecule has 3 nitrogen and oxygen atoms in total. The highest BCUT2D eigenvalue weighted by molar-refractivity contribution is 7.96. The summed E-state index contributed by atoms with van der Waals surface area (Å²) < 4.78 is 53.0. The van der Waals surface area contributed by atoms with Crippen molar-refractivity contribution in [2.24, 2.45) is 0 Å². The van der Waals surface area contributed by atoms with Crippen molar-refractivity contribution in [1.29, 1.82) is 0 Å². The van der Waals surface area contributed by atoms with E-state index in [1.807, 2.05) is 7.05 Å². The predicted molar refractivity (Wildman–Crippen MR) is 59.7 cm³/mol. The third-order valence-electron chi connectivity index (χ3n) is 3.30. The van der Waals surface area contributed by atoms with Gasteiger partial charge in [0.25, 0.3) is 0 Å². The average Bonchev–Trinajstić information content (AvgIpc) is 2.42. The monoisotopic (exact) mass is 269 g/mol. The molecule has 2 aliphatic rings. The van der Waals surface area contributed by atoms with Gasteiger partial charge in [-0.05, 0) is 31.8 Å². The van der Waals surface area contributed by atoms with Gasteiger partial charge >= 0.3 is 5.51 Å². The summed E-state index contributed by atoms with van der Waals surface area (Å²) in [5.41, 5.74) is -4.92. The summed E-state index contributed by atoms with van der Waals surface area (Å²) in [6.45, 7) is 0. The third-order valence-corrected chi connectivity index (χ3v) is 4.49. The van der Waals surface area contributed by atoms with E-state index in [0.29, 0.717) is 6.42 Å². The van der Waals surface area contributed by atoms with Gasteiger partial charge in [-0.3, -0.25) is 4.90 Å². The van der Waals surface area contributed by atoms with Crippen molar-refractivity contribution in [3.05, 3.63) is 11.8 Å². The molecule has 2 heterocycles. The van der Waals surface area contributed by atoms with Crippen LogP contribution in [-0.2, 0) is 14.0 Å². The fourth-order valence-electron chi connectivity index (χ4n) is 2.28. The molecule has 2 rings (SSSR count). The Hall–Kier alpha value is -0.690. The van der Waals surface area contributed by atoms with Crippen LogP contribution in [0.4, 0.5) is 13.2 Å². The number of halogens is 3. The second kappa shape index (κ2) is 3.91. The van der Waals surface area contributed by atoms with Crippen LogP contribution in [0.15, 0.2) is 11.8 Å². The molecule has 2 aliphatic heterocycles. The van der Waals surface area contributed by atoms with Crippen molar-refractivity contribution in [2.45, 2.75) is 36.9 Å². The van der Waals surface area contributed by atoms with Gasteiger partial charge in [0.15, 0.2) is 0 Å². The van der Waals surface area contributed by atoms with Crippen LogP contribution in [0.3, 0.4) is 0 Å². The molecule has 0 aromatic heterocycles. The van der Waals surface area contributed by atoms with Crippen molar-refractivity contribution in [1.82, 2.24) is 4.90 Å². The number of fused-ring (bicyclic) bond motifs is 2. The average molecular weight is 269 g/mol. The Morgan fingerprint density at radius 3 is 2.71 bits per heavy atom. The quantitative estimate of drug-likeness (QED) is 0.717. The van der Waals surface area contributed by atoms with Gasteiger partial charge in [-0.25, -0.2) is 4.21 Å². The van der Waals surface area contributed by atoms with E-state index in [2.05, 4.69) is 15.0 Å². The molecule has 0 N–H and O–H groups in total. The molecule has 7 heteroatoms. The zero-order chi connectivity index (χ0) is 12.8. The number of hydrogen-bond acceptors (Lipinski definition) is 3. The lowest BCUT2D eigenvalue weighted by atomic mass is 10.1. The Balaban J connectivity index is 2.15. The van der Waals surface area contributed by atoms with E-state index in [9.17, 15) is 17.4 Å². The molecular formula is C10H14F3NO2S. The minimum Gasteiger partial charge on any atom is -0.407 e. The predicted octanol–water partition coefficient (Wildman–Crippen LogP) is 1.90. The molecule has 0 spiro atoms. The highest BCUT2D eigenvalue weighted by Crippen LogP contribution is 2.36. The van der Waals surface area contributed by atoms with Gasteiger partial charge in [0, 0.05) is 18.5 Å². The summed E-state index contributed by atoms with van der Waals surface area (Å²) in [6.07, 6.45) is 3.82. The van der Waals surface area contributed by atoms with E-state index in [4.69, 9.17) is 0 Å². The molecule has 1 fully saturated rings. The smallest absolute Gasteiger partial charge is 0.407 e. The molecule has 3 unspecified atom stereocenters. The molecule has 17 heavy (non-hydrogen) atoms. The molecular weight excluding hydrogens is 255 g/mol. The zero-order valence-electron chi connectivity index (χ0n) is 9.37. The SMILES string of the molecule is C=S(=O)(OC1=CC2CCC(C1)N2C)C(F)(F)F. The lowest BCUT2D eigenvalue weighted by molar-refractivity contribution is -0.0469. The Kier molecular flexibility index (Phi) is 2.94. The van der Waals surface area contributed by atoms with Crippen LogP contribution in [0.2, 0.25) is 0 Å². The van der Waals surface area contributed by atoms with E-state index in [0.717, 1.165) is 12.8 Å². The Bertz CT molecular complexity index is 441. The van der Waals surface area contributed by atoms with Gasteiger partial charge in [0.2, 0.25) is 9.80 Å². The first-order chi connectivity index (χ1) is 7.71. The number of rotatable bonds is 2. The molecule has 2 bridgehead atoms. The van der Waals surface area contributed by atoms with Crippen molar-refractivity contribution < 1.29 is 21.6 Å². The van der Waals surface area contributed by atoms with Crippen molar-refractivity contribution >= 4 is 15.7 Å². The minimum absolute atomic E-state index is 0.0900. The summed E-state index contributed by atoms with van der Waals surface area (Å²) in [6, 6.07) is 0.274. The van der Waals surface area contributed by atoms with Crippen molar-refractivity contribution in [2.75, 3.05) is 7.05 Å². The van der Waals surface area contributed by atoms with E-state index in [-0.39, 0.29) is 17.8 Å². The number of nitrogens with zero attached hydrogens (tertiary/aromatic N) is 1. The molecule has 0 saturated carbocycles. The molecule has 3 atom stereocenters. The van der Waals surface area contributed by atoms with Gasteiger partial charge < -0.3 is 4.18 Å². The van der Waals surface area contributed by atoms with Gasteiger partial charge in [0.05, 0.1) is 0 Å². The van der Waals surface area contributed by atoms with Crippen molar-refractivity contribution in [3.63, 3.8) is 0 Å². The van der Waals surface area contributed by atoms with Crippen LogP contribution in [0.5, 0.6) is 0 Å². The molecule has 98 valence electrons. The molecule has 0 radical (unpaired) electrons. The summed E-state index contributed by atoms with van der Waals surface area (Å²) in [5, 5.41) is 0. The molecule has 0 aromatic rings. The standard InChI is InChI=1S/C10H14F3NO2S/c1-14-7-3-4-8(14)6-9(5-7)16-17(2,15)10(11,12)13/h5,7-8H,2-4,6H2,1H3. The maximum atomic E-state index is 12.4. The maximum Gasteiger partial charge on any atom is 0.496 e. The largest absolute Gasteiger partial charge is 0.496 e. The Morgan fingerprint density at radius 2 is 2.18 bits per heavy atom. The van der Waals surface area contributed by atoms with Gasteiger partial charge in [-0.1, -0.05) is 0 Å². The second-order valence-electron chi connectivity index (χ2n) is 4.44. The van der Waals surface area contributed by atoms with E-state index in [1.54, 1.807) is 6.08 Å². The Morgan fingerprint density at radius 1 is 1.53 bits per heavy atom. The van der Waals surface area contributed by atoms with Crippen LogP contribution in [0, 0.1) is 0 Å². The van der Waals surface area contributed by atoms with Crippen LogP contribution >= 0.6 is 0 Å². The van der Waals surface area contributed by atoms with Gasteiger partial charge in [0.1, 0.15) is 5.76 Å². The molecule has 0 amide bonds. The molecule has 0 aromatic carbocycles. The Labute approximate surface area is 98.4 Å². The normalized spacial score (nSPS) is 33.1. The fraction of sp³-hybridized carbons (Fsp3) is 0.700. The van der Waals surface area contributed by atoms with Crippen LogP contribution in [-0.4, -0.2) is 39.6 Å². The van der Waals surface area contributed by atoms with E-state index < -0.39 is 15.3 Å².